The van der Waals surface area contributed by atoms with Crippen molar-refractivity contribution in [3.63, 3.8) is 0 Å². The Kier molecular flexibility index (Phi) is 2.97. The van der Waals surface area contributed by atoms with E-state index in [0.29, 0.717) is 6.04 Å². The van der Waals surface area contributed by atoms with Gasteiger partial charge in [0.2, 0.25) is 0 Å². The molecule has 2 nitrogen and oxygen atoms in total. The quantitative estimate of drug-likeness (QED) is 0.790. The summed E-state index contributed by atoms with van der Waals surface area (Å²) >= 11 is 0. The van der Waals surface area contributed by atoms with Gasteiger partial charge in [-0.25, -0.2) is 0 Å². The van der Waals surface area contributed by atoms with E-state index in [1.165, 1.54) is 51.6 Å². The Labute approximate surface area is 99.6 Å². The third kappa shape index (κ3) is 2.43. The molecule has 0 spiro atoms. The first-order valence-electron chi connectivity index (χ1n) is 7.23. The van der Waals surface area contributed by atoms with E-state index < -0.39 is 0 Å². The zero-order chi connectivity index (χ0) is 11.1. The summed E-state index contributed by atoms with van der Waals surface area (Å²) in [5.41, 5.74) is 6.04. The summed E-state index contributed by atoms with van der Waals surface area (Å²) in [5.74, 6) is 3.22. The van der Waals surface area contributed by atoms with Crippen LogP contribution < -0.4 is 5.73 Å². The lowest BCUT2D eigenvalue weighted by Gasteiger charge is -2.38. The molecular weight excluding hydrogens is 196 g/mol. The molecule has 0 aromatic heterocycles. The lowest BCUT2D eigenvalue weighted by atomic mass is 9.93. The molecule has 0 bridgehead atoms. The topological polar surface area (TPSA) is 29.3 Å². The largest absolute Gasteiger partial charge is 0.328 e. The predicted octanol–water partition coefficient (Wildman–Crippen LogP) is 2.23. The number of nitrogens with two attached hydrogens (primary N) is 1. The van der Waals surface area contributed by atoms with Crippen LogP contribution in [0.5, 0.6) is 0 Å². The molecule has 2 N–H and O–H groups in total. The molecule has 0 radical (unpaired) electrons. The average Bonchev–Trinajstić information content (AvgIpc) is 3.11. The highest BCUT2D eigenvalue weighted by atomic mass is 15.2. The molecule has 16 heavy (non-hydrogen) atoms. The van der Waals surface area contributed by atoms with Gasteiger partial charge in [-0.05, 0) is 69.7 Å². The molecule has 0 aromatic rings. The number of piperidine rings is 1. The Morgan fingerprint density at radius 1 is 1.12 bits per heavy atom. The van der Waals surface area contributed by atoms with Gasteiger partial charge in [0.15, 0.2) is 0 Å². The Morgan fingerprint density at radius 2 is 1.75 bits per heavy atom. The second-order valence-corrected chi connectivity index (χ2v) is 6.47. The van der Waals surface area contributed by atoms with Gasteiger partial charge in [0, 0.05) is 18.6 Å². The van der Waals surface area contributed by atoms with Crippen molar-refractivity contribution in [1.82, 2.24) is 4.90 Å². The highest BCUT2D eigenvalue weighted by Crippen LogP contribution is 2.49. The van der Waals surface area contributed by atoms with Crippen LogP contribution in [0.25, 0.3) is 0 Å². The molecule has 1 aliphatic heterocycles. The summed E-state index contributed by atoms with van der Waals surface area (Å²) < 4.78 is 0. The predicted molar refractivity (Wildman–Crippen MR) is 67.2 cm³/mol. The van der Waals surface area contributed by atoms with Gasteiger partial charge >= 0.3 is 0 Å². The molecule has 92 valence electrons. The third-order valence-corrected chi connectivity index (χ3v) is 4.95. The zero-order valence-electron chi connectivity index (χ0n) is 10.6. The maximum absolute atomic E-state index is 6.04. The Bertz CT molecular complexity index is 233. The molecule has 2 atom stereocenters. The van der Waals surface area contributed by atoms with E-state index in [1.807, 2.05) is 0 Å². The fraction of sp³-hybridized carbons (Fsp3) is 1.00. The number of hydrogen-bond donors (Lipinski definition) is 1. The fourth-order valence-electron chi connectivity index (χ4n) is 3.53. The summed E-state index contributed by atoms with van der Waals surface area (Å²) in [4.78, 5) is 2.73. The van der Waals surface area contributed by atoms with Crippen LogP contribution in [0.4, 0.5) is 0 Å². The molecule has 3 fully saturated rings. The van der Waals surface area contributed by atoms with E-state index in [0.717, 1.165) is 23.8 Å². The molecule has 2 heteroatoms. The van der Waals surface area contributed by atoms with Crippen LogP contribution in [0.1, 0.15) is 45.4 Å². The lowest BCUT2D eigenvalue weighted by molar-refractivity contribution is 0.113. The minimum Gasteiger partial charge on any atom is -0.328 e. The number of rotatable bonds is 4. The standard InChI is InChI=1S/C14H26N2/c1-10-8-13(15)6-7-16(10)9-14(11-2-3-11)12-4-5-12/h10-14H,2-9,15H2,1H3. The highest BCUT2D eigenvalue weighted by Gasteiger charge is 2.42. The monoisotopic (exact) mass is 222 g/mol. The van der Waals surface area contributed by atoms with E-state index in [9.17, 15) is 0 Å². The van der Waals surface area contributed by atoms with E-state index in [2.05, 4.69) is 11.8 Å². The van der Waals surface area contributed by atoms with E-state index in [-0.39, 0.29) is 0 Å². The first-order valence-corrected chi connectivity index (χ1v) is 7.23. The normalized spacial score (nSPS) is 36.9. The lowest BCUT2D eigenvalue weighted by Crippen LogP contribution is -2.47. The van der Waals surface area contributed by atoms with Crippen molar-refractivity contribution in [2.75, 3.05) is 13.1 Å². The smallest absolute Gasteiger partial charge is 0.00817 e. The van der Waals surface area contributed by atoms with Crippen molar-refractivity contribution in [3.8, 4) is 0 Å². The number of hydrogen-bond acceptors (Lipinski definition) is 2. The van der Waals surface area contributed by atoms with Crippen molar-refractivity contribution in [2.24, 2.45) is 23.5 Å². The summed E-state index contributed by atoms with van der Waals surface area (Å²) in [5, 5.41) is 0. The van der Waals surface area contributed by atoms with Crippen molar-refractivity contribution in [3.05, 3.63) is 0 Å². The van der Waals surface area contributed by atoms with E-state index in [4.69, 9.17) is 5.73 Å². The van der Waals surface area contributed by atoms with Gasteiger partial charge in [-0.1, -0.05) is 0 Å². The van der Waals surface area contributed by atoms with E-state index in [1.54, 1.807) is 0 Å². The molecule has 2 saturated carbocycles. The molecule has 3 aliphatic rings. The van der Waals surface area contributed by atoms with Gasteiger partial charge in [0.25, 0.3) is 0 Å². The summed E-state index contributed by atoms with van der Waals surface area (Å²) in [6.07, 6.45) is 8.49. The molecule has 0 amide bonds. The van der Waals surface area contributed by atoms with Gasteiger partial charge in [0.05, 0.1) is 0 Å². The van der Waals surface area contributed by atoms with Crippen LogP contribution in [-0.4, -0.2) is 30.1 Å². The average molecular weight is 222 g/mol. The molecule has 2 unspecified atom stereocenters. The Balaban J connectivity index is 1.55. The molecule has 2 aliphatic carbocycles. The molecule has 1 saturated heterocycles. The van der Waals surface area contributed by atoms with Crippen molar-refractivity contribution in [1.29, 1.82) is 0 Å². The molecule has 0 aromatic carbocycles. The van der Waals surface area contributed by atoms with Gasteiger partial charge in [0.1, 0.15) is 0 Å². The Morgan fingerprint density at radius 3 is 2.25 bits per heavy atom. The van der Waals surface area contributed by atoms with Gasteiger partial charge in [-0.3, -0.25) is 0 Å². The van der Waals surface area contributed by atoms with Crippen LogP contribution in [0.3, 0.4) is 0 Å². The second-order valence-electron chi connectivity index (χ2n) is 6.47. The zero-order valence-corrected chi connectivity index (χ0v) is 10.6. The van der Waals surface area contributed by atoms with Crippen molar-refractivity contribution < 1.29 is 0 Å². The number of nitrogens with zero attached hydrogens (tertiary/aromatic N) is 1. The van der Waals surface area contributed by atoms with Crippen molar-refractivity contribution in [2.45, 2.75) is 57.5 Å². The second kappa shape index (κ2) is 4.30. The maximum Gasteiger partial charge on any atom is 0.00817 e. The van der Waals surface area contributed by atoms with Crippen molar-refractivity contribution >= 4 is 0 Å². The Hall–Kier alpha value is -0.0800. The third-order valence-electron chi connectivity index (χ3n) is 4.95. The van der Waals surface area contributed by atoms with Gasteiger partial charge in [-0.2, -0.15) is 0 Å². The highest BCUT2D eigenvalue weighted by molar-refractivity contribution is 4.94. The molecule has 1 heterocycles. The minimum atomic E-state index is 0.464. The van der Waals surface area contributed by atoms with Crippen LogP contribution in [0.15, 0.2) is 0 Å². The first-order chi connectivity index (χ1) is 7.74. The SMILES string of the molecule is CC1CC(N)CCN1CC(C1CC1)C1CC1. The van der Waals surface area contributed by atoms with E-state index >= 15 is 0 Å². The summed E-state index contributed by atoms with van der Waals surface area (Å²) in [6, 6.07) is 1.19. The first kappa shape index (κ1) is 11.0. The van der Waals surface area contributed by atoms with Crippen LogP contribution >= 0.6 is 0 Å². The molecule has 3 rings (SSSR count). The maximum atomic E-state index is 6.04. The fourth-order valence-corrected chi connectivity index (χ4v) is 3.53. The van der Waals surface area contributed by atoms with Crippen LogP contribution in [-0.2, 0) is 0 Å². The van der Waals surface area contributed by atoms with Gasteiger partial charge in [-0.15, -0.1) is 0 Å². The number of likely N-dealkylation sites (tertiary alicyclic amines) is 1. The summed E-state index contributed by atoms with van der Waals surface area (Å²) in [7, 11) is 0. The summed E-state index contributed by atoms with van der Waals surface area (Å²) in [6.45, 7) is 5.00. The molecular formula is C14H26N2. The van der Waals surface area contributed by atoms with Gasteiger partial charge < -0.3 is 10.6 Å². The van der Waals surface area contributed by atoms with Crippen LogP contribution in [0.2, 0.25) is 0 Å². The minimum absolute atomic E-state index is 0.464. The van der Waals surface area contributed by atoms with Crippen LogP contribution in [0, 0.1) is 17.8 Å².